The second-order valence-corrected chi connectivity index (χ2v) is 7.20. The number of nitrogens with one attached hydrogen (secondary N) is 1. The standard InChI is InChI=1S/C13H22ClN3O2S/c1-10-8-11(9-12(15)13(10)14)20(18,19)16-6-4-5-7-17(2)3/h8-9,16H,4-7,15H2,1-3H3. The summed E-state index contributed by atoms with van der Waals surface area (Å²) in [5.41, 5.74) is 6.63. The molecule has 0 amide bonds. The number of aryl methyl sites for hydroxylation is 1. The number of benzene rings is 1. The number of nitrogen functional groups attached to an aromatic ring is 1. The molecule has 1 aromatic carbocycles. The van der Waals surface area contributed by atoms with Crippen LogP contribution in [0.15, 0.2) is 17.0 Å². The van der Waals surface area contributed by atoms with E-state index >= 15 is 0 Å². The molecule has 0 aliphatic carbocycles. The number of unbranched alkanes of at least 4 members (excludes halogenated alkanes) is 1. The van der Waals surface area contributed by atoms with E-state index in [4.69, 9.17) is 17.3 Å². The van der Waals surface area contributed by atoms with Gasteiger partial charge in [0.2, 0.25) is 10.0 Å². The molecule has 0 unspecified atom stereocenters. The molecule has 0 radical (unpaired) electrons. The zero-order valence-corrected chi connectivity index (χ0v) is 13.7. The van der Waals surface area contributed by atoms with Crippen molar-refractivity contribution in [1.82, 2.24) is 9.62 Å². The van der Waals surface area contributed by atoms with E-state index in [9.17, 15) is 8.42 Å². The van der Waals surface area contributed by atoms with Gasteiger partial charge < -0.3 is 10.6 Å². The lowest BCUT2D eigenvalue weighted by molar-refractivity contribution is 0.394. The van der Waals surface area contributed by atoms with E-state index in [2.05, 4.69) is 9.62 Å². The largest absolute Gasteiger partial charge is 0.397 e. The smallest absolute Gasteiger partial charge is 0.240 e. The van der Waals surface area contributed by atoms with Gasteiger partial charge in [-0.2, -0.15) is 0 Å². The fourth-order valence-corrected chi connectivity index (χ4v) is 3.06. The first-order valence-corrected chi connectivity index (χ1v) is 8.30. The number of sulfonamides is 1. The van der Waals surface area contributed by atoms with Gasteiger partial charge in [-0.25, -0.2) is 13.1 Å². The number of anilines is 1. The summed E-state index contributed by atoms with van der Waals surface area (Å²) < 4.78 is 26.8. The Hall–Kier alpha value is -0.820. The maximum atomic E-state index is 12.1. The molecular formula is C13H22ClN3O2S. The summed E-state index contributed by atoms with van der Waals surface area (Å²) in [5, 5.41) is 0.398. The van der Waals surface area contributed by atoms with Gasteiger partial charge in [-0.05, 0) is 58.1 Å². The van der Waals surface area contributed by atoms with Crippen LogP contribution in [0.25, 0.3) is 0 Å². The van der Waals surface area contributed by atoms with E-state index in [1.165, 1.54) is 12.1 Å². The van der Waals surface area contributed by atoms with Gasteiger partial charge in [0.25, 0.3) is 0 Å². The zero-order valence-electron chi connectivity index (χ0n) is 12.1. The highest BCUT2D eigenvalue weighted by Gasteiger charge is 2.16. The maximum Gasteiger partial charge on any atom is 0.240 e. The molecule has 1 rings (SSSR count). The molecule has 0 heterocycles. The van der Waals surface area contributed by atoms with Gasteiger partial charge in [0, 0.05) is 6.54 Å². The number of hydrogen-bond donors (Lipinski definition) is 2. The Morgan fingerprint density at radius 1 is 1.30 bits per heavy atom. The molecule has 1 aromatic rings. The molecule has 20 heavy (non-hydrogen) atoms. The van der Waals surface area contributed by atoms with Crippen molar-refractivity contribution in [1.29, 1.82) is 0 Å². The van der Waals surface area contributed by atoms with Gasteiger partial charge in [0.15, 0.2) is 0 Å². The zero-order chi connectivity index (χ0) is 15.3. The van der Waals surface area contributed by atoms with Gasteiger partial charge >= 0.3 is 0 Å². The van der Waals surface area contributed by atoms with Crippen molar-refractivity contribution in [3.8, 4) is 0 Å². The maximum absolute atomic E-state index is 12.1. The molecule has 114 valence electrons. The average molecular weight is 320 g/mol. The third-order valence-electron chi connectivity index (χ3n) is 2.89. The van der Waals surface area contributed by atoms with Crippen LogP contribution < -0.4 is 10.5 Å². The summed E-state index contributed by atoms with van der Waals surface area (Å²) in [4.78, 5) is 2.22. The van der Waals surface area contributed by atoms with E-state index < -0.39 is 10.0 Å². The highest BCUT2D eigenvalue weighted by molar-refractivity contribution is 7.89. The average Bonchev–Trinajstić information content (AvgIpc) is 2.34. The van der Waals surface area contributed by atoms with Crippen LogP contribution in [0.4, 0.5) is 5.69 Å². The first-order valence-electron chi connectivity index (χ1n) is 6.44. The van der Waals surface area contributed by atoms with Gasteiger partial charge in [0.1, 0.15) is 0 Å². The van der Waals surface area contributed by atoms with Crippen LogP contribution in [0.3, 0.4) is 0 Å². The second kappa shape index (κ2) is 7.26. The predicted octanol–water partition coefficient (Wildman–Crippen LogP) is 1.85. The van der Waals surface area contributed by atoms with Crippen LogP contribution in [-0.2, 0) is 10.0 Å². The molecule has 0 saturated heterocycles. The highest BCUT2D eigenvalue weighted by atomic mass is 35.5. The van der Waals surface area contributed by atoms with Crippen molar-refractivity contribution in [3.05, 3.63) is 22.7 Å². The van der Waals surface area contributed by atoms with Crippen molar-refractivity contribution < 1.29 is 8.42 Å². The van der Waals surface area contributed by atoms with Crippen LogP contribution in [0.5, 0.6) is 0 Å². The highest BCUT2D eigenvalue weighted by Crippen LogP contribution is 2.26. The third-order valence-corrected chi connectivity index (χ3v) is 4.85. The normalized spacial score (nSPS) is 12.1. The summed E-state index contributed by atoms with van der Waals surface area (Å²) in [6, 6.07) is 2.92. The molecular weight excluding hydrogens is 298 g/mol. The summed E-state index contributed by atoms with van der Waals surface area (Å²) in [6.07, 6.45) is 1.73. The van der Waals surface area contributed by atoms with Crippen molar-refractivity contribution in [3.63, 3.8) is 0 Å². The monoisotopic (exact) mass is 319 g/mol. The topological polar surface area (TPSA) is 75.4 Å². The summed E-state index contributed by atoms with van der Waals surface area (Å²) >= 11 is 5.93. The van der Waals surface area contributed by atoms with E-state index in [1.54, 1.807) is 6.92 Å². The van der Waals surface area contributed by atoms with Crippen LogP contribution in [0.2, 0.25) is 5.02 Å². The Kier molecular flexibility index (Phi) is 6.26. The van der Waals surface area contributed by atoms with E-state index in [0.29, 0.717) is 17.1 Å². The fraction of sp³-hybridized carbons (Fsp3) is 0.538. The molecule has 3 N–H and O–H groups in total. The Morgan fingerprint density at radius 2 is 1.95 bits per heavy atom. The molecule has 7 heteroatoms. The van der Waals surface area contributed by atoms with Crippen molar-refractivity contribution in [2.75, 3.05) is 32.9 Å². The Morgan fingerprint density at radius 3 is 2.50 bits per heavy atom. The Balaban J connectivity index is 2.65. The molecule has 0 aromatic heterocycles. The molecule has 0 saturated carbocycles. The SMILES string of the molecule is Cc1cc(S(=O)(=O)NCCCCN(C)C)cc(N)c1Cl. The van der Waals surface area contributed by atoms with E-state index in [-0.39, 0.29) is 10.6 Å². The quantitative estimate of drug-likeness (QED) is 0.594. The second-order valence-electron chi connectivity index (χ2n) is 5.05. The molecule has 0 atom stereocenters. The number of nitrogens with two attached hydrogens (primary N) is 1. The summed E-state index contributed by atoms with van der Waals surface area (Å²) in [7, 11) is 0.454. The molecule has 0 aliphatic rings. The Labute approximate surface area is 126 Å². The number of hydrogen-bond acceptors (Lipinski definition) is 4. The van der Waals surface area contributed by atoms with Crippen LogP contribution in [0, 0.1) is 6.92 Å². The molecule has 5 nitrogen and oxygen atoms in total. The van der Waals surface area contributed by atoms with Crippen molar-refractivity contribution in [2.24, 2.45) is 0 Å². The lowest BCUT2D eigenvalue weighted by Crippen LogP contribution is -2.25. The summed E-state index contributed by atoms with van der Waals surface area (Å²) in [5.74, 6) is 0. The molecule has 0 bridgehead atoms. The molecule has 0 spiro atoms. The number of rotatable bonds is 7. The third kappa shape index (κ3) is 4.94. The Bertz CT molecular complexity index is 536. The van der Waals surface area contributed by atoms with Crippen molar-refractivity contribution in [2.45, 2.75) is 24.7 Å². The number of halogens is 1. The lowest BCUT2D eigenvalue weighted by atomic mass is 10.2. The van der Waals surface area contributed by atoms with Crippen LogP contribution in [-0.4, -0.2) is 40.5 Å². The first kappa shape index (κ1) is 17.2. The van der Waals surface area contributed by atoms with Gasteiger partial charge in [-0.1, -0.05) is 11.6 Å². The number of nitrogens with zero attached hydrogens (tertiary/aromatic N) is 1. The van der Waals surface area contributed by atoms with Gasteiger partial charge in [-0.15, -0.1) is 0 Å². The first-order chi connectivity index (χ1) is 9.24. The minimum atomic E-state index is -3.52. The van der Waals surface area contributed by atoms with E-state index in [1.807, 2.05) is 14.1 Å². The predicted molar refractivity (Wildman–Crippen MR) is 83.6 cm³/mol. The minimum absolute atomic E-state index is 0.157. The van der Waals surface area contributed by atoms with Crippen LogP contribution >= 0.6 is 11.6 Å². The lowest BCUT2D eigenvalue weighted by Gasteiger charge is -2.11. The van der Waals surface area contributed by atoms with E-state index in [0.717, 1.165) is 19.4 Å². The van der Waals surface area contributed by atoms with Gasteiger partial charge in [0.05, 0.1) is 15.6 Å². The minimum Gasteiger partial charge on any atom is -0.397 e. The molecule has 0 fully saturated rings. The van der Waals surface area contributed by atoms with Crippen molar-refractivity contribution >= 4 is 27.3 Å². The fourth-order valence-electron chi connectivity index (χ4n) is 1.76. The summed E-state index contributed by atoms with van der Waals surface area (Å²) in [6.45, 7) is 3.08. The van der Waals surface area contributed by atoms with Gasteiger partial charge in [-0.3, -0.25) is 0 Å². The van der Waals surface area contributed by atoms with Crippen LogP contribution in [0.1, 0.15) is 18.4 Å². The molecule has 0 aliphatic heterocycles.